The standard InChI is InChI=1S/C30H33ClN4O8/c1-29(2,3)43-28(39)33-21(18-9-7-6-8-10-18)25(36)32-22-24-30(4,5)15-20(31)23(34(24)26(22)37)27(38)42-16-17-11-13-19(14-12-17)35(40)41/h6-14,21-22,24H,15-16H2,1-5H3,(H,32,36)(H,33,39)/i1D. The second-order valence-corrected chi connectivity index (χ2v) is 12.2. The van der Waals surface area contributed by atoms with Crippen LogP contribution in [0.5, 0.6) is 0 Å². The number of nitrogens with one attached hydrogen (secondary N) is 2. The summed E-state index contributed by atoms with van der Waals surface area (Å²) in [6, 6.07) is 11.0. The monoisotopic (exact) mass is 613 g/mol. The van der Waals surface area contributed by atoms with Gasteiger partial charge in [0.1, 0.15) is 30.0 Å². The van der Waals surface area contributed by atoms with Gasteiger partial charge in [0.2, 0.25) is 5.91 Å². The molecule has 228 valence electrons. The van der Waals surface area contributed by atoms with Crippen LogP contribution >= 0.6 is 11.6 Å². The fourth-order valence-electron chi connectivity index (χ4n) is 5.12. The van der Waals surface area contributed by atoms with Crippen LogP contribution < -0.4 is 10.6 Å². The number of nitro groups is 1. The molecule has 1 saturated heterocycles. The largest absolute Gasteiger partial charge is 0.456 e. The summed E-state index contributed by atoms with van der Waals surface area (Å²) in [6.07, 6.45) is -0.690. The molecule has 1 fully saturated rings. The molecule has 12 nitrogen and oxygen atoms in total. The molecular formula is C30H33ClN4O8. The van der Waals surface area contributed by atoms with Gasteiger partial charge in [0.15, 0.2) is 0 Å². The third kappa shape index (κ3) is 6.96. The first-order valence-electron chi connectivity index (χ1n) is 14.1. The molecular weight excluding hydrogens is 580 g/mol. The number of allylic oxidation sites excluding steroid dienone is 1. The summed E-state index contributed by atoms with van der Waals surface area (Å²) in [6.45, 7) is 6.43. The Morgan fingerprint density at radius 2 is 1.84 bits per heavy atom. The van der Waals surface area contributed by atoms with E-state index in [4.69, 9.17) is 22.4 Å². The van der Waals surface area contributed by atoms with Crippen molar-refractivity contribution < 1.29 is 34.9 Å². The van der Waals surface area contributed by atoms with Gasteiger partial charge >= 0.3 is 12.1 Å². The highest BCUT2D eigenvalue weighted by Gasteiger charge is 2.60. The zero-order chi connectivity index (χ0) is 32.4. The number of rotatable bonds is 8. The van der Waals surface area contributed by atoms with Crippen LogP contribution in [0, 0.1) is 15.5 Å². The van der Waals surface area contributed by atoms with E-state index >= 15 is 0 Å². The van der Waals surface area contributed by atoms with Crippen LogP contribution in [0.2, 0.25) is 0 Å². The molecule has 2 aromatic carbocycles. The second kappa shape index (κ2) is 12.0. The zero-order valence-corrected chi connectivity index (χ0v) is 24.8. The quantitative estimate of drug-likeness (QED) is 0.191. The molecule has 0 bridgehead atoms. The lowest BCUT2D eigenvalue weighted by Gasteiger charge is -2.57. The summed E-state index contributed by atoms with van der Waals surface area (Å²) in [5.41, 5.74) is -1.05. The predicted molar refractivity (Wildman–Crippen MR) is 155 cm³/mol. The fraction of sp³-hybridized carbons (Fsp3) is 0.400. The average molecular weight is 614 g/mol. The second-order valence-electron chi connectivity index (χ2n) is 11.7. The molecule has 2 aliphatic heterocycles. The number of nitro benzene ring substituents is 1. The van der Waals surface area contributed by atoms with Crippen molar-refractivity contribution in [3.8, 4) is 0 Å². The molecule has 2 aromatic rings. The van der Waals surface area contributed by atoms with Crippen LogP contribution in [0.3, 0.4) is 0 Å². The van der Waals surface area contributed by atoms with E-state index in [1.54, 1.807) is 44.2 Å². The van der Waals surface area contributed by atoms with Crippen molar-refractivity contribution in [1.29, 1.82) is 0 Å². The molecule has 43 heavy (non-hydrogen) atoms. The predicted octanol–water partition coefficient (Wildman–Crippen LogP) is 4.48. The molecule has 3 atom stereocenters. The van der Waals surface area contributed by atoms with Crippen molar-refractivity contribution in [3.05, 3.63) is 86.6 Å². The van der Waals surface area contributed by atoms with Gasteiger partial charge in [0.25, 0.3) is 11.6 Å². The zero-order valence-electron chi connectivity index (χ0n) is 25.1. The van der Waals surface area contributed by atoms with Crippen LogP contribution in [-0.4, -0.2) is 51.4 Å². The molecule has 0 saturated carbocycles. The number of hydrogen-bond donors (Lipinski definition) is 2. The van der Waals surface area contributed by atoms with Crippen LogP contribution in [0.15, 0.2) is 65.3 Å². The highest BCUT2D eigenvalue weighted by atomic mass is 35.5. The molecule has 2 N–H and O–H groups in total. The molecule has 2 aliphatic rings. The Bertz CT molecular complexity index is 1500. The first-order chi connectivity index (χ1) is 20.6. The molecule has 3 amide bonds. The molecule has 2 heterocycles. The molecule has 3 unspecified atom stereocenters. The van der Waals surface area contributed by atoms with E-state index in [2.05, 4.69) is 10.6 Å². The number of halogens is 1. The first-order valence-corrected chi connectivity index (χ1v) is 13.8. The molecule has 4 rings (SSSR count). The molecule has 13 heteroatoms. The number of esters is 1. The lowest BCUT2D eigenvalue weighted by molar-refractivity contribution is -0.384. The summed E-state index contributed by atoms with van der Waals surface area (Å²) < 4.78 is 18.3. The Morgan fingerprint density at radius 3 is 2.44 bits per heavy atom. The average Bonchev–Trinajstić information content (AvgIpc) is 2.97. The normalized spacial score (nSPS) is 20.2. The first kappa shape index (κ1) is 30.0. The minimum atomic E-state index is -1.22. The maximum atomic E-state index is 13.6. The summed E-state index contributed by atoms with van der Waals surface area (Å²) in [5.74, 6) is -2.11. The number of carbonyl (C=O) groups excluding carboxylic acids is 4. The number of hydrogen-bond acceptors (Lipinski definition) is 8. The van der Waals surface area contributed by atoms with Crippen LogP contribution in [0.1, 0.15) is 59.6 Å². The van der Waals surface area contributed by atoms with E-state index in [1.807, 2.05) is 13.8 Å². The van der Waals surface area contributed by atoms with Crippen molar-refractivity contribution in [2.24, 2.45) is 5.41 Å². The van der Waals surface area contributed by atoms with Crippen molar-refractivity contribution >= 4 is 41.2 Å². The van der Waals surface area contributed by atoms with Gasteiger partial charge in [-0.25, -0.2) is 9.59 Å². The Morgan fingerprint density at radius 1 is 1.19 bits per heavy atom. The maximum absolute atomic E-state index is 13.6. The van der Waals surface area contributed by atoms with Gasteiger partial charge < -0.3 is 20.1 Å². The summed E-state index contributed by atoms with van der Waals surface area (Å²) >= 11 is 6.51. The molecule has 0 spiro atoms. The van der Waals surface area contributed by atoms with Gasteiger partial charge in [0, 0.05) is 18.5 Å². The van der Waals surface area contributed by atoms with E-state index in [-0.39, 0.29) is 36.3 Å². The number of amides is 3. The fourth-order valence-corrected chi connectivity index (χ4v) is 5.63. The van der Waals surface area contributed by atoms with E-state index in [1.165, 1.54) is 29.2 Å². The highest BCUT2D eigenvalue weighted by Crippen LogP contribution is 2.48. The number of ether oxygens (including phenoxy) is 2. The lowest BCUT2D eigenvalue weighted by atomic mass is 9.69. The summed E-state index contributed by atoms with van der Waals surface area (Å²) in [7, 11) is 0. The summed E-state index contributed by atoms with van der Waals surface area (Å²) in [4.78, 5) is 64.5. The third-order valence-corrected chi connectivity index (χ3v) is 7.35. The third-order valence-electron chi connectivity index (χ3n) is 7.04. The van der Waals surface area contributed by atoms with Crippen molar-refractivity contribution in [3.63, 3.8) is 0 Å². The van der Waals surface area contributed by atoms with Crippen molar-refractivity contribution in [2.45, 2.75) is 71.3 Å². The van der Waals surface area contributed by atoms with Crippen molar-refractivity contribution in [1.82, 2.24) is 15.5 Å². The molecule has 0 aromatic heterocycles. The van der Waals surface area contributed by atoms with Gasteiger partial charge in [-0.2, -0.15) is 0 Å². The number of β-lactam (4-membered cyclic amide) rings is 1. The van der Waals surface area contributed by atoms with Gasteiger partial charge in [-0.1, -0.05) is 55.8 Å². The Kier molecular flexibility index (Phi) is 8.41. The highest BCUT2D eigenvalue weighted by molar-refractivity contribution is 6.32. The lowest BCUT2D eigenvalue weighted by Crippen LogP contribution is -2.76. The smallest absolute Gasteiger partial charge is 0.408 e. The van der Waals surface area contributed by atoms with Gasteiger partial charge in [-0.3, -0.25) is 24.6 Å². The topological polar surface area (TPSA) is 157 Å². The molecule has 0 radical (unpaired) electrons. The minimum Gasteiger partial charge on any atom is -0.456 e. The van der Waals surface area contributed by atoms with Crippen LogP contribution in [0.4, 0.5) is 10.5 Å². The number of alkyl carbamates (subject to hydrolysis) is 1. The van der Waals surface area contributed by atoms with Crippen LogP contribution in [-0.2, 0) is 30.5 Å². The number of carbonyl (C=O) groups is 4. The number of nitrogens with zero attached hydrogens (tertiary/aromatic N) is 2. The minimum absolute atomic E-state index is 0.110. The van der Waals surface area contributed by atoms with Gasteiger partial charge in [0.05, 0.1) is 11.0 Å². The van der Waals surface area contributed by atoms with E-state index in [9.17, 15) is 29.3 Å². The Balaban J connectivity index is 1.50. The van der Waals surface area contributed by atoms with E-state index < -0.39 is 57.9 Å². The Labute approximate surface area is 254 Å². The summed E-state index contributed by atoms with van der Waals surface area (Å²) in [5, 5.41) is 16.3. The number of non-ortho nitro benzene ring substituents is 1. The van der Waals surface area contributed by atoms with Crippen LogP contribution in [0.25, 0.3) is 0 Å². The van der Waals surface area contributed by atoms with Gasteiger partial charge in [-0.15, -0.1) is 0 Å². The van der Waals surface area contributed by atoms with Crippen molar-refractivity contribution in [2.75, 3.05) is 0 Å². The number of benzene rings is 2. The maximum Gasteiger partial charge on any atom is 0.408 e. The van der Waals surface area contributed by atoms with E-state index in [0.717, 1.165) is 0 Å². The van der Waals surface area contributed by atoms with Gasteiger partial charge in [-0.05, 0) is 55.8 Å². The Hall–Kier alpha value is -4.45. The SMILES string of the molecule is [2H]CC(C)(C)OC(=O)NC(C(=O)NC1C(=O)N2C(C(=O)OCc3ccc([N+](=O)[O-])cc3)=C(Cl)CC(C)(C)C12)c1ccccc1. The van der Waals surface area contributed by atoms with E-state index in [0.29, 0.717) is 11.1 Å². The number of fused-ring (bicyclic) bond motifs is 1. The molecule has 0 aliphatic carbocycles.